The number of nitrogens with two attached hydrogens (primary N) is 1. The lowest BCUT2D eigenvalue weighted by molar-refractivity contribution is 0.475. The van der Waals surface area contributed by atoms with Gasteiger partial charge in [0.1, 0.15) is 5.75 Å². The van der Waals surface area contributed by atoms with Crippen LogP contribution in [-0.2, 0) is 0 Å². The fourth-order valence-electron chi connectivity index (χ4n) is 1.30. The second kappa shape index (κ2) is 3.06. The van der Waals surface area contributed by atoms with E-state index in [1.165, 1.54) is 6.07 Å². The van der Waals surface area contributed by atoms with Crippen molar-refractivity contribution in [3.8, 4) is 11.4 Å². The van der Waals surface area contributed by atoms with E-state index in [1.807, 2.05) is 13.1 Å². The van der Waals surface area contributed by atoms with E-state index in [0.29, 0.717) is 5.69 Å². The summed E-state index contributed by atoms with van der Waals surface area (Å²) in [5, 5.41) is 13.3. The molecule has 72 valence electrons. The maximum Gasteiger partial charge on any atom is 0.117 e. The van der Waals surface area contributed by atoms with E-state index in [-0.39, 0.29) is 5.75 Å². The quantitative estimate of drug-likeness (QED) is 0.667. The van der Waals surface area contributed by atoms with Crippen molar-refractivity contribution in [3.63, 3.8) is 0 Å². The van der Waals surface area contributed by atoms with Gasteiger partial charge in [-0.15, -0.1) is 0 Å². The van der Waals surface area contributed by atoms with Crippen LogP contribution in [0.2, 0.25) is 0 Å². The lowest BCUT2D eigenvalue weighted by atomic mass is 10.2. The maximum absolute atomic E-state index is 9.18. The van der Waals surface area contributed by atoms with Gasteiger partial charge in [0.05, 0.1) is 17.6 Å². The number of phenolic OH excluding ortho intramolecular Hbond substituents is 1. The Morgan fingerprint density at radius 1 is 1.43 bits per heavy atom. The highest BCUT2D eigenvalue weighted by atomic mass is 16.3. The first-order chi connectivity index (χ1) is 6.66. The summed E-state index contributed by atoms with van der Waals surface area (Å²) in [5.74, 6) is 0.162. The molecule has 0 spiro atoms. The highest BCUT2D eigenvalue weighted by molar-refractivity contribution is 5.60. The molecule has 0 aliphatic carbocycles. The number of rotatable bonds is 1. The second-order valence-electron chi connectivity index (χ2n) is 3.21. The number of hydrogen-bond acceptors (Lipinski definition) is 3. The van der Waals surface area contributed by atoms with Crippen LogP contribution in [0.1, 0.15) is 5.56 Å². The van der Waals surface area contributed by atoms with Crippen molar-refractivity contribution in [1.29, 1.82) is 0 Å². The molecular formula is C10H11N3O. The fourth-order valence-corrected chi connectivity index (χ4v) is 1.30. The molecule has 4 nitrogen and oxygen atoms in total. The summed E-state index contributed by atoms with van der Waals surface area (Å²) < 4.78 is 1.68. The molecule has 0 bridgehead atoms. The van der Waals surface area contributed by atoms with Gasteiger partial charge >= 0.3 is 0 Å². The van der Waals surface area contributed by atoms with Gasteiger partial charge in [-0.05, 0) is 24.6 Å². The van der Waals surface area contributed by atoms with Crippen LogP contribution in [0.15, 0.2) is 30.6 Å². The summed E-state index contributed by atoms with van der Waals surface area (Å²) in [4.78, 5) is 0. The average molecular weight is 189 g/mol. The third kappa shape index (κ3) is 1.42. The second-order valence-corrected chi connectivity index (χ2v) is 3.21. The lowest BCUT2D eigenvalue weighted by Gasteiger charge is -2.05. The zero-order chi connectivity index (χ0) is 10.1. The van der Waals surface area contributed by atoms with Gasteiger partial charge in [-0.1, -0.05) is 0 Å². The molecule has 0 aliphatic heterocycles. The molecule has 0 fully saturated rings. The number of nitrogen functional groups attached to an aromatic ring is 1. The van der Waals surface area contributed by atoms with Crippen molar-refractivity contribution in [2.24, 2.45) is 0 Å². The van der Waals surface area contributed by atoms with Crippen LogP contribution in [0.4, 0.5) is 5.69 Å². The number of aromatic nitrogens is 2. The van der Waals surface area contributed by atoms with Crippen LogP contribution >= 0.6 is 0 Å². The van der Waals surface area contributed by atoms with Crippen molar-refractivity contribution < 1.29 is 5.11 Å². The van der Waals surface area contributed by atoms with Gasteiger partial charge in [0.25, 0.3) is 0 Å². The highest BCUT2D eigenvalue weighted by Gasteiger charge is 2.03. The smallest absolute Gasteiger partial charge is 0.117 e. The largest absolute Gasteiger partial charge is 0.508 e. The molecule has 0 atom stereocenters. The Morgan fingerprint density at radius 2 is 2.21 bits per heavy atom. The number of phenols is 1. The van der Waals surface area contributed by atoms with Gasteiger partial charge in [-0.3, -0.25) is 0 Å². The molecule has 1 heterocycles. The Labute approximate surface area is 81.6 Å². The molecule has 0 amide bonds. The third-order valence-corrected chi connectivity index (χ3v) is 1.97. The maximum atomic E-state index is 9.18. The Bertz CT molecular complexity index is 462. The molecule has 0 aliphatic rings. The van der Waals surface area contributed by atoms with Crippen LogP contribution in [0.25, 0.3) is 5.69 Å². The Kier molecular flexibility index (Phi) is 1.89. The summed E-state index contributed by atoms with van der Waals surface area (Å²) in [6, 6.07) is 4.83. The van der Waals surface area contributed by atoms with Crippen molar-refractivity contribution in [1.82, 2.24) is 9.78 Å². The molecule has 0 saturated heterocycles. The van der Waals surface area contributed by atoms with Crippen LogP contribution in [-0.4, -0.2) is 14.9 Å². The molecule has 3 N–H and O–H groups in total. The Balaban J connectivity index is 2.52. The summed E-state index contributed by atoms with van der Waals surface area (Å²) in [6.45, 7) is 1.96. The van der Waals surface area contributed by atoms with E-state index in [0.717, 1.165) is 11.3 Å². The molecule has 14 heavy (non-hydrogen) atoms. The zero-order valence-corrected chi connectivity index (χ0v) is 7.81. The van der Waals surface area contributed by atoms with Gasteiger partial charge in [0, 0.05) is 12.3 Å². The average Bonchev–Trinajstić information content (AvgIpc) is 2.51. The van der Waals surface area contributed by atoms with E-state index in [1.54, 1.807) is 23.0 Å². The number of hydrogen-bond donors (Lipinski definition) is 2. The number of aryl methyl sites for hydroxylation is 1. The van der Waals surface area contributed by atoms with Gasteiger partial charge < -0.3 is 10.8 Å². The Morgan fingerprint density at radius 3 is 2.79 bits per heavy atom. The number of aromatic hydroxyl groups is 1. The standard InChI is InChI=1S/C10H11N3O/c1-7-5-12-13(6-7)10-3-2-8(14)4-9(10)11/h2-6,14H,11H2,1H3. The molecule has 2 aromatic rings. The predicted octanol–water partition coefficient (Wildman–Crippen LogP) is 1.47. The molecule has 1 aromatic heterocycles. The van der Waals surface area contributed by atoms with E-state index < -0.39 is 0 Å². The van der Waals surface area contributed by atoms with Crippen molar-refractivity contribution in [3.05, 3.63) is 36.2 Å². The van der Waals surface area contributed by atoms with Gasteiger partial charge in [-0.25, -0.2) is 4.68 Å². The molecule has 2 rings (SSSR count). The number of benzene rings is 1. The monoisotopic (exact) mass is 189 g/mol. The van der Waals surface area contributed by atoms with Crippen LogP contribution in [0.5, 0.6) is 5.75 Å². The molecule has 0 unspecified atom stereocenters. The first kappa shape index (κ1) is 8.62. The minimum atomic E-state index is 0.162. The SMILES string of the molecule is Cc1cnn(-c2ccc(O)cc2N)c1. The summed E-state index contributed by atoms with van der Waals surface area (Å²) in [6.07, 6.45) is 3.63. The van der Waals surface area contributed by atoms with Crippen LogP contribution < -0.4 is 5.73 Å². The van der Waals surface area contributed by atoms with Gasteiger partial charge in [-0.2, -0.15) is 5.10 Å². The Hall–Kier alpha value is -1.97. The summed E-state index contributed by atoms with van der Waals surface area (Å²) in [7, 11) is 0. The normalized spacial score (nSPS) is 10.4. The number of nitrogens with zero attached hydrogens (tertiary/aromatic N) is 2. The summed E-state index contributed by atoms with van der Waals surface area (Å²) in [5.41, 5.74) is 8.09. The number of anilines is 1. The first-order valence-corrected chi connectivity index (χ1v) is 4.27. The van der Waals surface area contributed by atoms with Crippen molar-refractivity contribution in [2.75, 3.05) is 5.73 Å². The van der Waals surface area contributed by atoms with Gasteiger partial charge in [0.15, 0.2) is 0 Å². The minimum absolute atomic E-state index is 0.162. The topological polar surface area (TPSA) is 64.1 Å². The molecule has 1 aromatic carbocycles. The third-order valence-electron chi connectivity index (χ3n) is 1.97. The predicted molar refractivity (Wildman–Crippen MR) is 54.4 cm³/mol. The van der Waals surface area contributed by atoms with E-state index in [9.17, 15) is 5.11 Å². The highest BCUT2D eigenvalue weighted by Crippen LogP contribution is 2.21. The minimum Gasteiger partial charge on any atom is -0.508 e. The van der Waals surface area contributed by atoms with Crippen LogP contribution in [0.3, 0.4) is 0 Å². The van der Waals surface area contributed by atoms with Crippen LogP contribution in [0, 0.1) is 6.92 Å². The fraction of sp³-hybridized carbons (Fsp3) is 0.100. The molecule has 0 radical (unpaired) electrons. The van der Waals surface area contributed by atoms with Gasteiger partial charge in [0.2, 0.25) is 0 Å². The summed E-state index contributed by atoms with van der Waals surface area (Å²) >= 11 is 0. The first-order valence-electron chi connectivity index (χ1n) is 4.27. The lowest BCUT2D eigenvalue weighted by Crippen LogP contribution is -1.99. The van der Waals surface area contributed by atoms with Crippen molar-refractivity contribution in [2.45, 2.75) is 6.92 Å². The van der Waals surface area contributed by atoms with Crippen molar-refractivity contribution >= 4 is 5.69 Å². The van der Waals surface area contributed by atoms with E-state index >= 15 is 0 Å². The van der Waals surface area contributed by atoms with E-state index in [2.05, 4.69) is 5.10 Å². The molecular weight excluding hydrogens is 178 g/mol. The van der Waals surface area contributed by atoms with E-state index in [4.69, 9.17) is 5.73 Å². The zero-order valence-electron chi connectivity index (χ0n) is 7.81. The molecule has 4 heteroatoms. The molecule has 0 saturated carbocycles.